The fourth-order valence-electron chi connectivity index (χ4n) is 3.57. The summed E-state index contributed by atoms with van der Waals surface area (Å²) < 4.78 is 6.73. The molecule has 4 rings (SSSR count). The van der Waals surface area contributed by atoms with E-state index in [1.165, 1.54) is 0 Å². The molecule has 0 radical (unpaired) electrons. The molecule has 30 heavy (non-hydrogen) atoms. The first-order valence-electron chi connectivity index (χ1n) is 9.62. The number of aryl methyl sites for hydroxylation is 1. The van der Waals surface area contributed by atoms with E-state index < -0.39 is 6.04 Å². The van der Waals surface area contributed by atoms with Crippen LogP contribution in [0, 0.1) is 0 Å². The molecule has 0 fully saturated rings. The van der Waals surface area contributed by atoms with E-state index in [1.807, 2.05) is 25.1 Å². The molecule has 3 aromatic rings. The second-order valence-electron chi connectivity index (χ2n) is 6.96. The van der Waals surface area contributed by atoms with Crippen LogP contribution in [0.4, 0.5) is 11.5 Å². The van der Waals surface area contributed by atoms with Crippen molar-refractivity contribution in [2.45, 2.75) is 25.8 Å². The third-order valence-corrected chi connectivity index (χ3v) is 5.26. The molecule has 0 bridgehead atoms. The molecule has 1 aromatic heterocycles. The van der Waals surface area contributed by atoms with Gasteiger partial charge in [0.05, 0.1) is 19.2 Å². The number of methoxy groups -OCH3 is 1. The molecule has 1 unspecified atom stereocenters. The summed E-state index contributed by atoms with van der Waals surface area (Å²) in [5.74, 6) is 0.769. The fourth-order valence-corrected chi connectivity index (χ4v) is 3.76. The minimum absolute atomic E-state index is 0.0231. The highest BCUT2D eigenvalue weighted by Crippen LogP contribution is 2.39. The normalized spacial score (nSPS) is 14.9. The van der Waals surface area contributed by atoms with E-state index in [1.54, 1.807) is 42.1 Å². The standard InChI is InChI=1S/C22H21ClN4O3/c1-3-17-20(13-5-4-6-14(23)11-13)21-25-22(29)18(27(21)26-17)12-19(28)24-15-7-9-16(30-2)10-8-15/h4-11,18H,3,12H2,1-2H3,(H,24,28)(H,25,29). The van der Waals surface area contributed by atoms with Gasteiger partial charge in [0.2, 0.25) is 5.91 Å². The molecule has 7 nitrogen and oxygen atoms in total. The van der Waals surface area contributed by atoms with E-state index in [0.29, 0.717) is 28.7 Å². The first-order valence-corrected chi connectivity index (χ1v) is 10.00. The number of ether oxygens (including phenoxy) is 1. The molecule has 8 heteroatoms. The lowest BCUT2D eigenvalue weighted by Crippen LogP contribution is -2.23. The topological polar surface area (TPSA) is 85.2 Å². The lowest BCUT2D eigenvalue weighted by atomic mass is 10.0. The molecule has 0 saturated heterocycles. The molecule has 0 saturated carbocycles. The maximum atomic E-state index is 12.6. The quantitative estimate of drug-likeness (QED) is 0.618. The number of carbonyl (C=O) groups is 2. The van der Waals surface area contributed by atoms with Crippen LogP contribution in [0.15, 0.2) is 48.5 Å². The predicted molar refractivity (Wildman–Crippen MR) is 116 cm³/mol. The minimum Gasteiger partial charge on any atom is -0.497 e. The SMILES string of the molecule is CCc1nn2c(c1-c1cccc(Cl)c1)NC(=O)C2CC(=O)Nc1ccc(OC)cc1. The Morgan fingerprint density at radius 2 is 2.03 bits per heavy atom. The number of fused-ring (bicyclic) bond motifs is 1. The van der Waals surface area contributed by atoms with Crippen molar-refractivity contribution in [3.63, 3.8) is 0 Å². The van der Waals surface area contributed by atoms with E-state index in [9.17, 15) is 9.59 Å². The van der Waals surface area contributed by atoms with E-state index in [2.05, 4.69) is 15.7 Å². The number of anilines is 2. The molecule has 1 atom stereocenters. The third kappa shape index (κ3) is 3.76. The van der Waals surface area contributed by atoms with Crippen molar-refractivity contribution in [2.24, 2.45) is 0 Å². The van der Waals surface area contributed by atoms with Crippen molar-refractivity contribution < 1.29 is 14.3 Å². The molecule has 2 N–H and O–H groups in total. The van der Waals surface area contributed by atoms with Gasteiger partial charge in [0, 0.05) is 16.3 Å². The van der Waals surface area contributed by atoms with Gasteiger partial charge in [-0.15, -0.1) is 0 Å². The van der Waals surface area contributed by atoms with Crippen molar-refractivity contribution >= 4 is 34.9 Å². The van der Waals surface area contributed by atoms with Gasteiger partial charge in [0.25, 0.3) is 5.91 Å². The zero-order valence-electron chi connectivity index (χ0n) is 16.6. The first-order chi connectivity index (χ1) is 14.5. The van der Waals surface area contributed by atoms with Gasteiger partial charge in [0.1, 0.15) is 17.6 Å². The summed E-state index contributed by atoms with van der Waals surface area (Å²) in [5, 5.41) is 10.9. The number of carbonyl (C=O) groups excluding carboxylic acids is 2. The summed E-state index contributed by atoms with van der Waals surface area (Å²) >= 11 is 6.16. The van der Waals surface area contributed by atoms with Crippen molar-refractivity contribution in [1.82, 2.24) is 9.78 Å². The Bertz CT molecular complexity index is 1110. The molecule has 1 aliphatic rings. The average molecular weight is 425 g/mol. The highest BCUT2D eigenvalue weighted by atomic mass is 35.5. The van der Waals surface area contributed by atoms with Crippen LogP contribution in [-0.4, -0.2) is 28.7 Å². The lowest BCUT2D eigenvalue weighted by Gasteiger charge is -2.10. The number of nitrogens with one attached hydrogen (secondary N) is 2. The molecule has 0 aliphatic carbocycles. The highest BCUT2D eigenvalue weighted by molar-refractivity contribution is 6.30. The second-order valence-corrected chi connectivity index (χ2v) is 7.40. The highest BCUT2D eigenvalue weighted by Gasteiger charge is 2.36. The van der Waals surface area contributed by atoms with Crippen LogP contribution in [0.25, 0.3) is 11.1 Å². The number of rotatable bonds is 6. The third-order valence-electron chi connectivity index (χ3n) is 5.02. The van der Waals surface area contributed by atoms with Gasteiger partial charge in [0.15, 0.2) is 0 Å². The van der Waals surface area contributed by atoms with Gasteiger partial charge < -0.3 is 15.4 Å². The Morgan fingerprint density at radius 1 is 1.27 bits per heavy atom. The number of halogens is 1. The molecule has 2 aromatic carbocycles. The summed E-state index contributed by atoms with van der Waals surface area (Å²) in [4.78, 5) is 25.2. The van der Waals surface area contributed by atoms with Gasteiger partial charge in [-0.2, -0.15) is 5.10 Å². The summed E-state index contributed by atoms with van der Waals surface area (Å²) in [7, 11) is 1.58. The summed E-state index contributed by atoms with van der Waals surface area (Å²) in [6.45, 7) is 2.00. The Kier molecular flexibility index (Phi) is 5.46. The number of aromatic nitrogens is 2. The Morgan fingerprint density at radius 3 is 2.70 bits per heavy atom. The van der Waals surface area contributed by atoms with Crippen LogP contribution in [-0.2, 0) is 16.0 Å². The number of benzene rings is 2. The monoisotopic (exact) mass is 424 g/mol. The number of amides is 2. The van der Waals surface area contributed by atoms with E-state index in [-0.39, 0.29) is 18.2 Å². The molecule has 2 heterocycles. The van der Waals surface area contributed by atoms with Gasteiger partial charge in [-0.05, 0) is 48.4 Å². The molecule has 1 aliphatic heterocycles. The number of nitrogens with zero attached hydrogens (tertiary/aromatic N) is 2. The maximum absolute atomic E-state index is 12.6. The van der Waals surface area contributed by atoms with Crippen LogP contribution in [0.1, 0.15) is 25.1 Å². The van der Waals surface area contributed by atoms with Crippen LogP contribution < -0.4 is 15.4 Å². The molecular weight excluding hydrogens is 404 g/mol. The van der Waals surface area contributed by atoms with Crippen molar-refractivity contribution in [1.29, 1.82) is 0 Å². The minimum atomic E-state index is -0.712. The summed E-state index contributed by atoms with van der Waals surface area (Å²) in [5.41, 5.74) is 3.19. The first kappa shape index (κ1) is 20.0. The fraction of sp³-hybridized carbons (Fsp3) is 0.227. The Labute approximate surface area is 179 Å². The van der Waals surface area contributed by atoms with E-state index in [0.717, 1.165) is 16.8 Å². The van der Waals surface area contributed by atoms with E-state index >= 15 is 0 Å². The average Bonchev–Trinajstić information content (AvgIpc) is 3.24. The van der Waals surface area contributed by atoms with Crippen LogP contribution in [0.3, 0.4) is 0 Å². The number of hydrogen-bond donors (Lipinski definition) is 2. The second kappa shape index (κ2) is 8.20. The summed E-state index contributed by atoms with van der Waals surface area (Å²) in [6, 6.07) is 13.7. The van der Waals surface area contributed by atoms with Crippen LogP contribution in [0.2, 0.25) is 5.02 Å². The van der Waals surface area contributed by atoms with Crippen molar-refractivity contribution in [2.75, 3.05) is 17.7 Å². The van der Waals surface area contributed by atoms with Gasteiger partial charge in [-0.25, -0.2) is 4.68 Å². The Hall–Kier alpha value is -3.32. The lowest BCUT2D eigenvalue weighted by molar-refractivity contribution is -0.123. The van der Waals surface area contributed by atoms with Gasteiger partial charge in [-0.3, -0.25) is 9.59 Å². The maximum Gasteiger partial charge on any atom is 0.251 e. The zero-order valence-corrected chi connectivity index (χ0v) is 17.4. The largest absolute Gasteiger partial charge is 0.497 e. The van der Waals surface area contributed by atoms with Crippen molar-refractivity contribution in [3.8, 4) is 16.9 Å². The smallest absolute Gasteiger partial charge is 0.251 e. The van der Waals surface area contributed by atoms with E-state index in [4.69, 9.17) is 16.3 Å². The van der Waals surface area contributed by atoms with Crippen LogP contribution >= 0.6 is 11.6 Å². The molecule has 154 valence electrons. The van der Waals surface area contributed by atoms with Crippen LogP contribution in [0.5, 0.6) is 5.75 Å². The molecule has 2 amide bonds. The van der Waals surface area contributed by atoms with Gasteiger partial charge in [-0.1, -0.05) is 30.7 Å². The van der Waals surface area contributed by atoms with Gasteiger partial charge >= 0.3 is 0 Å². The molecular formula is C22H21ClN4O3. The number of hydrogen-bond acceptors (Lipinski definition) is 4. The van der Waals surface area contributed by atoms with Crippen molar-refractivity contribution in [3.05, 3.63) is 59.2 Å². The Balaban J connectivity index is 1.58. The molecule has 0 spiro atoms. The predicted octanol–water partition coefficient (Wildman–Crippen LogP) is 4.30. The summed E-state index contributed by atoms with van der Waals surface area (Å²) in [6.07, 6.45) is 0.660. The zero-order chi connectivity index (χ0) is 21.3.